The van der Waals surface area contributed by atoms with E-state index in [0.29, 0.717) is 0 Å². The van der Waals surface area contributed by atoms with Gasteiger partial charge in [-0.2, -0.15) is 0 Å². The zero-order chi connectivity index (χ0) is 15.7. The SMILES string of the molecule is CCn1c(-c2ccc(OC)cc2)c(C)c2cc(OC)ccc21. The number of hydrogen-bond donors (Lipinski definition) is 0. The van der Waals surface area contributed by atoms with Gasteiger partial charge in [0.05, 0.1) is 19.9 Å². The van der Waals surface area contributed by atoms with E-state index in [9.17, 15) is 0 Å². The smallest absolute Gasteiger partial charge is 0.119 e. The van der Waals surface area contributed by atoms with Crippen LogP contribution in [0.15, 0.2) is 42.5 Å². The van der Waals surface area contributed by atoms with Gasteiger partial charge in [0.15, 0.2) is 0 Å². The average Bonchev–Trinajstić information content (AvgIpc) is 2.86. The van der Waals surface area contributed by atoms with Gasteiger partial charge >= 0.3 is 0 Å². The van der Waals surface area contributed by atoms with E-state index in [2.05, 4.69) is 42.7 Å². The molecule has 0 N–H and O–H groups in total. The molecule has 3 heteroatoms. The fourth-order valence-corrected chi connectivity index (χ4v) is 3.08. The monoisotopic (exact) mass is 295 g/mol. The lowest BCUT2D eigenvalue weighted by Gasteiger charge is -2.10. The summed E-state index contributed by atoms with van der Waals surface area (Å²) in [6, 6.07) is 14.5. The summed E-state index contributed by atoms with van der Waals surface area (Å²) in [6.07, 6.45) is 0. The summed E-state index contributed by atoms with van der Waals surface area (Å²) in [5.41, 5.74) is 4.98. The van der Waals surface area contributed by atoms with Gasteiger partial charge in [-0.15, -0.1) is 0 Å². The summed E-state index contributed by atoms with van der Waals surface area (Å²) in [5.74, 6) is 1.77. The van der Waals surface area contributed by atoms with Crippen LogP contribution in [0.1, 0.15) is 12.5 Å². The number of ether oxygens (including phenoxy) is 2. The predicted octanol–water partition coefficient (Wildman–Crippen LogP) is 4.65. The molecular formula is C19H21NO2. The number of methoxy groups -OCH3 is 2. The van der Waals surface area contributed by atoms with Crippen molar-refractivity contribution in [2.24, 2.45) is 0 Å². The van der Waals surface area contributed by atoms with Crippen LogP contribution in [-0.4, -0.2) is 18.8 Å². The van der Waals surface area contributed by atoms with Crippen LogP contribution in [0.25, 0.3) is 22.2 Å². The highest BCUT2D eigenvalue weighted by Gasteiger charge is 2.15. The Labute approximate surface area is 131 Å². The van der Waals surface area contributed by atoms with Gasteiger partial charge in [0.1, 0.15) is 11.5 Å². The maximum Gasteiger partial charge on any atom is 0.119 e. The third-order valence-corrected chi connectivity index (χ3v) is 4.20. The van der Waals surface area contributed by atoms with E-state index < -0.39 is 0 Å². The molecule has 22 heavy (non-hydrogen) atoms. The maximum absolute atomic E-state index is 5.37. The Morgan fingerprint density at radius 2 is 1.55 bits per heavy atom. The van der Waals surface area contributed by atoms with Gasteiger partial charge < -0.3 is 14.0 Å². The zero-order valence-electron chi connectivity index (χ0n) is 13.5. The van der Waals surface area contributed by atoms with E-state index in [1.165, 1.54) is 27.7 Å². The molecule has 0 unspecified atom stereocenters. The van der Waals surface area contributed by atoms with Gasteiger partial charge in [-0.3, -0.25) is 0 Å². The van der Waals surface area contributed by atoms with Crippen molar-refractivity contribution in [2.45, 2.75) is 20.4 Å². The third-order valence-electron chi connectivity index (χ3n) is 4.20. The van der Waals surface area contributed by atoms with Crippen LogP contribution in [0.3, 0.4) is 0 Å². The Morgan fingerprint density at radius 3 is 2.14 bits per heavy atom. The number of fused-ring (bicyclic) bond motifs is 1. The minimum atomic E-state index is 0.877. The molecule has 114 valence electrons. The van der Waals surface area contributed by atoms with Gasteiger partial charge in [0, 0.05) is 17.4 Å². The Kier molecular flexibility index (Phi) is 3.80. The van der Waals surface area contributed by atoms with Crippen molar-refractivity contribution < 1.29 is 9.47 Å². The molecule has 3 rings (SSSR count). The Hall–Kier alpha value is -2.42. The molecule has 3 nitrogen and oxygen atoms in total. The molecule has 0 bridgehead atoms. The summed E-state index contributed by atoms with van der Waals surface area (Å²) in [6.45, 7) is 5.28. The third kappa shape index (κ3) is 2.23. The number of aryl methyl sites for hydroxylation is 2. The summed E-state index contributed by atoms with van der Waals surface area (Å²) >= 11 is 0. The first-order valence-corrected chi connectivity index (χ1v) is 7.50. The summed E-state index contributed by atoms with van der Waals surface area (Å²) < 4.78 is 13.0. The van der Waals surface area contributed by atoms with Crippen molar-refractivity contribution in [1.29, 1.82) is 0 Å². The van der Waals surface area contributed by atoms with E-state index in [1.807, 2.05) is 18.2 Å². The van der Waals surface area contributed by atoms with Crippen LogP contribution in [0.4, 0.5) is 0 Å². The summed E-state index contributed by atoms with van der Waals surface area (Å²) in [5, 5.41) is 1.24. The lowest BCUT2D eigenvalue weighted by atomic mass is 10.1. The molecule has 0 saturated heterocycles. The average molecular weight is 295 g/mol. The fraction of sp³-hybridized carbons (Fsp3) is 0.263. The first-order chi connectivity index (χ1) is 10.7. The predicted molar refractivity (Wildman–Crippen MR) is 90.9 cm³/mol. The standard InChI is InChI=1S/C19H21NO2/c1-5-20-18-11-10-16(22-4)12-17(18)13(2)19(20)14-6-8-15(21-3)9-7-14/h6-12H,5H2,1-4H3. The molecule has 3 aromatic rings. The van der Waals surface area contributed by atoms with Gasteiger partial charge in [0.25, 0.3) is 0 Å². The van der Waals surface area contributed by atoms with Crippen molar-refractivity contribution in [1.82, 2.24) is 4.57 Å². The van der Waals surface area contributed by atoms with Crippen LogP contribution in [0, 0.1) is 6.92 Å². The van der Waals surface area contributed by atoms with Crippen LogP contribution in [0.2, 0.25) is 0 Å². The number of benzene rings is 2. The Morgan fingerprint density at radius 1 is 0.909 bits per heavy atom. The van der Waals surface area contributed by atoms with E-state index in [4.69, 9.17) is 9.47 Å². The molecule has 0 spiro atoms. The minimum Gasteiger partial charge on any atom is -0.497 e. The lowest BCUT2D eigenvalue weighted by Crippen LogP contribution is -1.97. The molecule has 0 atom stereocenters. The molecule has 0 radical (unpaired) electrons. The Balaban J connectivity index is 2.25. The quantitative estimate of drug-likeness (QED) is 0.699. The molecule has 0 amide bonds. The van der Waals surface area contributed by atoms with Gasteiger partial charge in [-0.1, -0.05) is 0 Å². The van der Waals surface area contributed by atoms with Crippen molar-refractivity contribution in [3.8, 4) is 22.8 Å². The van der Waals surface area contributed by atoms with E-state index in [1.54, 1.807) is 14.2 Å². The largest absolute Gasteiger partial charge is 0.497 e. The molecule has 1 aromatic heterocycles. The second kappa shape index (κ2) is 5.76. The van der Waals surface area contributed by atoms with E-state index in [0.717, 1.165) is 18.0 Å². The highest BCUT2D eigenvalue weighted by molar-refractivity contribution is 5.92. The molecule has 0 aliphatic carbocycles. The lowest BCUT2D eigenvalue weighted by molar-refractivity contribution is 0.415. The van der Waals surface area contributed by atoms with Crippen molar-refractivity contribution in [3.05, 3.63) is 48.0 Å². The van der Waals surface area contributed by atoms with Gasteiger partial charge in [-0.05, 0) is 67.4 Å². The second-order valence-electron chi connectivity index (χ2n) is 5.33. The highest BCUT2D eigenvalue weighted by Crippen LogP contribution is 2.35. The normalized spacial score (nSPS) is 10.9. The maximum atomic E-state index is 5.37. The van der Waals surface area contributed by atoms with Crippen LogP contribution >= 0.6 is 0 Å². The van der Waals surface area contributed by atoms with Crippen molar-refractivity contribution in [3.63, 3.8) is 0 Å². The first kappa shape index (κ1) is 14.5. The summed E-state index contributed by atoms with van der Waals surface area (Å²) in [4.78, 5) is 0. The second-order valence-corrected chi connectivity index (χ2v) is 5.33. The molecule has 0 aliphatic rings. The van der Waals surface area contributed by atoms with Gasteiger partial charge in [0.2, 0.25) is 0 Å². The number of rotatable bonds is 4. The molecule has 0 saturated carbocycles. The zero-order valence-corrected chi connectivity index (χ0v) is 13.5. The molecule has 2 aromatic carbocycles. The fourth-order valence-electron chi connectivity index (χ4n) is 3.08. The number of nitrogens with zero attached hydrogens (tertiary/aromatic N) is 1. The highest BCUT2D eigenvalue weighted by atomic mass is 16.5. The Bertz CT molecular complexity index is 800. The van der Waals surface area contributed by atoms with Crippen LogP contribution in [0.5, 0.6) is 11.5 Å². The van der Waals surface area contributed by atoms with E-state index >= 15 is 0 Å². The first-order valence-electron chi connectivity index (χ1n) is 7.50. The van der Waals surface area contributed by atoms with Crippen LogP contribution in [-0.2, 0) is 6.54 Å². The van der Waals surface area contributed by atoms with Crippen molar-refractivity contribution in [2.75, 3.05) is 14.2 Å². The number of aromatic nitrogens is 1. The molecule has 0 aliphatic heterocycles. The molecule has 0 fully saturated rings. The van der Waals surface area contributed by atoms with Crippen LogP contribution < -0.4 is 9.47 Å². The minimum absolute atomic E-state index is 0.877. The van der Waals surface area contributed by atoms with E-state index in [-0.39, 0.29) is 0 Å². The topological polar surface area (TPSA) is 23.4 Å². The van der Waals surface area contributed by atoms with Crippen molar-refractivity contribution >= 4 is 10.9 Å². The number of hydrogen-bond acceptors (Lipinski definition) is 2. The summed E-state index contributed by atoms with van der Waals surface area (Å²) in [7, 11) is 3.40. The van der Waals surface area contributed by atoms with Gasteiger partial charge in [-0.25, -0.2) is 0 Å². The molecule has 1 heterocycles. The molecular weight excluding hydrogens is 274 g/mol.